The van der Waals surface area contributed by atoms with E-state index in [-0.39, 0.29) is 30.8 Å². The molecule has 8 nitrogen and oxygen atoms in total. The normalized spacial score (nSPS) is 14.2. The van der Waals surface area contributed by atoms with Gasteiger partial charge in [0.25, 0.3) is 5.91 Å². The van der Waals surface area contributed by atoms with Crippen LogP contribution in [-0.4, -0.2) is 61.0 Å². The van der Waals surface area contributed by atoms with E-state index >= 15 is 0 Å². The molecule has 0 aromatic heterocycles. The number of nitrogens with one attached hydrogen (secondary N) is 1. The van der Waals surface area contributed by atoms with Crippen LogP contribution in [0.1, 0.15) is 43.0 Å². The molecule has 0 saturated carbocycles. The van der Waals surface area contributed by atoms with E-state index in [1.165, 1.54) is 24.3 Å². The van der Waals surface area contributed by atoms with Gasteiger partial charge in [-0.05, 0) is 44.0 Å². The number of rotatable bonds is 8. The average molecular weight is 408 g/mol. The van der Waals surface area contributed by atoms with Gasteiger partial charge < -0.3 is 19.7 Å². The summed E-state index contributed by atoms with van der Waals surface area (Å²) in [4.78, 5) is 48.8. The van der Waals surface area contributed by atoms with Crippen molar-refractivity contribution in [3.63, 3.8) is 0 Å². The van der Waals surface area contributed by atoms with Crippen molar-refractivity contribution < 1.29 is 33.0 Å². The van der Waals surface area contributed by atoms with Crippen molar-refractivity contribution in [2.24, 2.45) is 0 Å². The van der Waals surface area contributed by atoms with Crippen LogP contribution in [0, 0.1) is 5.82 Å². The first-order valence-electron chi connectivity index (χ1n) is 9.54. The lowest BCUT2D eigenvalue weighted by Gasteiger charge is -2.31. The van der Waals surface area contributed by atoms with E-state index in [1.807, 2.05) is 0 Å². The lowest BCUT2D eigenvalue weighted by Crippen LogP contribution is -2.47. The maximum Gasteiger partial charge on any atom is 0.409 e. The number of piperidine rings is 1. The van der Waals surface area contributed by atoms with Crippen molar-refractivity contribution in [3.8, 4) is 0 Å². The first kappa shape index (κ1) is 22.3. The highest BCUT2D eigenvalue weighted by Gasteiger charge is 2.24. The van der Waals surface area contributed by atoms with Crippen molar-refractivity contribution in [2.75, 3.05) is 26.3 Å². The number of hydrogen-bond donors (Lipinski definition) is 1. The second kappa shape index (κ2) is 11.1. The fourth-order valence-electron chi connectivity index (χ4n) is 2.90. The number of ether oxygens (including phenoxy) is 2. The molecular formula is C20H25FN2O6. The predicted octanol–water partition coefficient (Wildman–Crippen LogP) is 2.07. The van der Waals surface area contributed by atoms with Gasteiger partial charge in [0.2, 0.25) is 0 Å². The van der Waals surface area contributed by atoms with Gasteiger partial charge in [0.05, 0.1) is 13.0 Å². The van der Waals surface area contributed by atoms with Gasteiger partial charge in [-0.2, -0.15) is 0 Å². The molecular weight excluding hydrogens is 383 g/mol. The first-order valence-corrected chi connectivity index (χ1v) is 9.54. The minimum absolute atomic E-state index is 0.0849. The van der Waals surface area contributed by atoms with Gasteiger partial charge in [-0.25, -0.2) is 9.18 Å². The van der Waals surface area contributed by atoms with Crippen molar-refractivity contribution in [1.82, 2.24) is 10.2 Å². The molecule has 2 rings (SSSR count). The molecule has 0 bridgehead atoms. The summed E-state index contributed by atoms with van der Waals surface area (Å²) >= 11 is 0. The van der Waals surface area contributed by atoms with Crippen LogP contribution in [0.4, 0.5) is 9.18 Å². The summed E-state index contributed by atoms with van der Waals surface area (Å²) in [6, 6.07) is 4.94. The topological polar surface area (TPSA) is 102 Å². The molecule has 2 amide bonds. The van der Waals surface area contributed by atoms with Crippen LogP contribution in [-0.2, 0) is 19.1 Å². The number of likely N-dealkylation sites (tertiary alicyclic amines) is 1. The summed E-state index contributed by atoms with van der Waals surface area (Å²) in [5.41, 5.74) is 0.311. The molecule has 1 heterocycles. The Labute approximate surface area is 168 Å². The molecule has 1 aromatic carbocycles. The zero-order chi connectivity index (χ0) is 21.2. The maximum absolute atomic E-state index is 12.8. The molecule has 1 aliphatic rings. The molecule has 1 fully saturated rings. The van der Waals surface area contributed by atoms with Crippen LogP contribution in [0.3, 0.4) is 0 Å². The van der Waals surface area contributed by atoms with Crippen LogP contribution < -0.4 is 5.32 Å². The highest BCUT2D eigenvalue weighted by molar-refractivity contribution is 5.97. The molecule has 0 spiro atoms. The molecule has 1 aliphatic heterocycles. The number of ketones is 1. The summed E-state index contributed by atoms with van der Waals surface area (Å²) < 4.78 is 22.7. The molecule has 29 heavy (non-hydrogen) atoms. The number of benzene rings is 1. The van der Waals surface area contributed by atoms with Crippen molar-refractivity contribution in [1.29, 1.82) is 0 Å². The summed E-state index contributed by atoms with van der Waals surface area (Å²) in [7, 11) is 0. The lowest BCUT2D eigenvalue weighted by atomic mass is 10.1. The third-order valence-corrected chi connectivity index (χ3v) is 4.47. The summed E-state index contributed by atoms with van der Waals surface area (Å²) in [6.45, 7) is 2.59. The van der Waals surface area contributed by atoms with Gasteiger partial charge in [-0.1, -0.05) is 0 Å². The minimum atomic E-state index is -0.659. The molecule has 1 saturated heterocycles. The number of carbonyl (C=O) groups is 4. The van der Waals surface area contributed by atoms with Gasteiger partial charge in [-0.3, -0.25) is 14.4 Å². The number of nitrogens with zero attached hydrogens (tertiary/aromatic N) is 1. The van der Waals surface area contributed by atoms with E-state index in [0.29, 0.717) is 38.1 Å². The van der Waals surface area contributed by atoms with E-state index in [4.69, 9.17) is 9.47 Å². The van der Waals surface area contributed by atoms with Crippen LogP contribution in [0.15, 0.2) is 24.3 Å². The zero-order valence-electron chi connectivity index (χ0n) is 16.3. The Morgan fingerprint density at radius 2 is 1.72 bits per heavy atom. The summed E-state index contributed by atoms with van der Waals surface area (Å²) in [6.07, 6.45) is 0.566. The third kappa shape index (κ3) is 7.52. The Balaban J connectivity index is 1.62. The summed E-state index contributed by atoms with van der Waals surface area (Å²) in [5.74, 6) is -1.84. The third-order valence-electron chi connectivity index (χ3n) is 4.47. The van der Waals surface area contributed by atoms with Crippen molar-refractivity contribution >= 4 is 23.8 Å². The predicted molar refractivity (Wildman–Crippen MR) is 101 cm³/mol. The van der Waals surface area contributed by atoms with Crippen LogP contribution in [0.2, 0.25) is 0 Å². The van der Waals surface area contributed by atoms with E-state index in [9.17, 15) is 23.6 Å². The molecule has 1 aromatic rings. The first-order chi connectivity index (χ1) is 13.9. The van der Waals surface area contributed by atoms with E-state index < -0.39 is 24.3 Å². The zero-order valence-corrected chi connectivity index (χ0v) is 16.3. The van der Waals surface area contributed by atoms with Crippen molar-refractivity contribution in [2.45, 2.75) is 38.6 Å². The number of halogens is 1. The van der Waals surface area contributed by atoms with Gasteiger partial charge in [0.1, 0.15) is 5.82 Å². The van der Waals surface area contributed by atoms with Crippen LogP contribution >= 0.6 is 0 Å². The number of hydrogen-bond acceptors (Lipinski definition) is 6. The monoisotopic (exact) mass is 408 g/mol. The average Bonchev–Trinajstić information content (AvgIpc) is 2.71. The highest BCUT2D eigenvalue weighted by atomic mass is 19.1. The molecule has 158 valence electrons. The SMILES string of the molecule is CCOC(=O)N1CCC(NC(=O)COC(=O)CCC(=O)c2ccc(F)cc2)CC1. The molecule has 0 atom stereocenters. The van der Waals surface area contributed by atoms with Crippen LogP contribution in [0.5, 0.6) is 0 Å². The fraction of sp³-hybridized carbons (Fsp3) is 0.500. The molecule has 0 unspecified atom stereocenters. The lowest BCUT2D eigenvalue weighted by molar-refractivity contribution is -0.148. The Kier molecular flexibility index (Phi) is 8.57. The quantitative estimate of drug-likeness (QED) is 0.522. The molecule has 9 heteroatoms. The van der Waals surface area contributed by atoms with Crippen LogP contribution in [0.25, 0.3) is 0 Å². The maximum atomic E-state index is 12.8. The van der Waals surface area contributed by atoms with Gasteiger partial charge in [0.15, 0.2) is 12.4 Å². The largest absolute Gasteiger partial charge is 0.456 e. The number of carbonyl (C=O) groups excluding carboxylic acids is 4. The number of Topliss-reactive ketones (excluding diaryl/α,β-unsaturated/α-hetero) is 1. The second-order valence-electron chi connectivity index (χ2n) is 6.62. The number of amides is 2. The smallest absolute Gasteiger partial charge is 0.409 e. The molecule has 0 radical (unpaired) electrons. The minimum Gasteiger partial charge on any atom is -0.456 e. The second-order valence-corrected chi connectivity index (χ2v) is 6.62. The molecule has 0 aliphatic carbocycles. The van der Waals surface area contributed by atoms with E-state index in [2.05, 4.69) is 5.32 Å². The Morgan fingerprint density at radius 1 is 1.07 bits per heavy atom. The van der Waals surface area contributed by atoms with Crippen molar-refractivity contribution in [3.05, 3.63) is 35.6 Å². The molecule has 1 N–H and O–H groups in total. The fourth-order valence-corrected chi connectivity index (χ4v) is 2.90. The Morgan fingerprint density at radius 3 is 2.34 bits per heavy atom. The number of esters is 1. The van der Waals surface area contributed by atoms with Gasteiger partial charge in [-0.15, -0.1) is 0 Å². The Bertz CT molecular complexity index is 729. The van der Waals surface area contributed by atoms with E-state index in [0.717, 1.165) is 0 Å². The summed E-state index contributed by atoms with van der Waals surface area (Å²) in [5, 5.41) is 2.76. The highest BCUT2D eigenvalue weighted by Crippen LogP contribution is 2.12. The Hall–Kier alpha value is -2.97. The standard InChI is InChI=1S/C20H25FN2O6/c1-2-28-20(27)23-11-9-16(10-12-23)22-18(25)13-29-19(26)8-7-17(24)14-3-5-15(21)6-4-14/h3-6,16H,2,7-13H2,1H3,(H,22,25). The van der Waals surface area contributed by atoms with E-state index in [1.54, 1.807) is 11.8 Å². The van der Waals surface area contributed by atoms with Gasteiger partial charge in [0, 0.05) is 31.1 Å². The van der Waals surface area contributed by atoms with Gasteiger partial charge >= 0.3 is 12.1 Å².